The maximum atomic E-state index is 4.70. The van der Waals surface area contributed by atoms with Crippen LogP contribution in [0.25, 0.3) is 88.0 Å². The lowest BCUT2D eigenvalue weighted by Crippen LogP contribution is -1.96. The van der Waals surface area contributed by atoms with Gasteiger partial charge in [-0.1, -0.05) is 200 Å². The van der Waals surface area contributed by atoms with Gasteiger partial charge >= 0.3 is 0 Å². The van der Waals surface area contributed by atoms with Crippen LogP contribution in [-0.4, -0.2) is 4.57 Å². The molecule has 0 bridgehead atoms. The van der Waals surface area contributed by atoms with Crippen LogP contribution in [0.3, 0.4) is 0 Å². The number of allylic oxidation sites excluding steroid dienone is 4. The van der Waals surface area contributed by atoms with E-state index in [0.717, 1.165) is 28.1 Å². The van der Waals surface area contributed by atoms with Crippen LogP contribution in [0.5, 0.6) is 0 Å². The van der Waals surface area contributed by atoms with Crippen molar-refractivity contribution in [2.75, 3.05) is 0 Å². The van der Waals surface area contributed by atoms with Crippen LogP contribution in [0.4, 0.5) is 0 Å². The molecule has 2 heteroatoms. The third-order valence-corrected chi connectivity index (χ3v) is 13.0. The van der Waals surface area contributed by atoms with Crippen LogP contribution >= 0.6 is 11.8 Å². The zero-order chi connectivity index (χ0) is 39.3. The predicted molar refractivity (Wildman–Crippen MR) is 254 cm³/mol. The first-order chi connectivity index (χ1) is 29.2. The molecule has 0 fully saturated rings. The molecule has 2 heterocycles. The van der Waals surface area contributed by atoms with E-state index in [9.17, 15) is 0 Å². The van der Waals surface area contributed by atoms with Crippen LogP contribution in [0.1, 0.15) is 11.1 Å². The number of benzene rings is 9. The number of hydrogen-bond donors (Lipinski definition) is 0. The number of rotatable bonds is 5. The highest BCUT2D eigenvalue weighted by Gasteiger charge is 2.20. The fourth-order valence-corrected chi connectivity index (χ4v) is 10.3. The number of aromatic nitrogens is 1. The Morgan fingerprint density at radius 1 is 0.441 bits per heavy atom. The van der Waals surface area contributed by atoms with E-state index < -0.39 is 0 Å². The van der Waals surface area contributed by atoms with Crippen molar-refractivity contribution in [3.8, 4) is 39.1 Å². The van der Waals surface area contributed by atoms with Crippen molar-refractivity contribution < 1.29 is 0 Å². The first-order valence-electron chi connectivity index (χ1n) is 20.3. The predicted octanol–water partition coefficient (Wildman–Crippen LogP) is 15.9. The Balaban J connectivity index is 1.05. The second-order valence-electron chi connectivity index (χ2n) is 15.2. The summed E-state index contributed by atoms with van der Waals surface area (Å²) in [6.45, 7) is 4.70. The molecule has 0 saturated heterocycles. The molecule has 0 spiro atoms. The quantitative estimate of drug-likeness (QED) is 0.158. The monoisotopic (exact) mass is 769 g/mol. The first kappa shape index (κ1) is 35.1. The molecule has 10 aromatic rings. The fourth-order valence-electron chi connectivity index (χ4n) is 9.17. The number of thioether (sulfide) groups is 1. The summed E-state index contributed by atoms with van der Waals surface area (Å²) in [7, 11) is 0. The van der Waals surface area contributed by atoms with E-state index in [4.69, 9.17) is 6.58 Å². The normalized spacial score (nSPS) is 14.4. The van der Waals surface area contributed by atoms with Crippen molar-refractivity contribution in [3.05, 3.63) is 235 Å². The van der Waals surface area contributed by atoms with E-state index in [1.165, 1.54) is 87.2 Å². The summed E-state index contributed by atoms with van der Waals surface area (Å²) < 4.78 is 2.43. The van der Waals surface area contributed by atoms with Crippen LogP contribution in [0, 0.1) is 0 Å². The van der Waals surface area contributed by atoms with E-state index in [2.05, 4.69) is 217 Å². The van der Waals surface area contributed by atoms with Crippen LogP contribution in [-0.2, 0) is 6.42 Å². The van der Waals surface area contributed by atoms with Gasteiger partial charge in [-0.2, -0.15) is 0 Å². The molecule has 1 nitrogen and oxygen atoms in total. The smallest absolute Gasteiger partial charge is 0.0541 e. The summed E-state index contributed by atoms with van der Waals surface area (Å²) in [6, 6.07) is 70.8. The van der Waals surface area contributed by atoms with Gasteiger partial charge in [0, 0.05) is 26.3 Å². The van der Waals surface area contributed by atoms with Crippen molar-refractivity contribution in [1.29, 1.82) is 0 Å². The Morgan fingerprint density at radius 3 is 1.73 bits per heavy atom. The van der Waals surface area contributed by atoms with Crippen molar-refractivity contribution in [1.82, 2.24) is 4.57 Å². The molecule has 1 aliphatic rings. The summed E-state index contributed by atoms with van der Waals surface area (Å²) >= 11 is 1.79. The summed E-state index contributed by atoms with van der Waals surface area (Å²) in [4.78, 5) is 2.31. The zero-order valence-corrected chi connectivity index (χ0v) is 33.3. The lowest BCUT2D eigenvalue weighted by atomic mass is 9.86. The van der Waals surface area contributed by atoms with Gasteiger partial charge in [0.05, 0.1) is 11.0 Å². The molecule has 11 rings (SSSR count). The summed E-state index contributed by atoms with van der Waals surface area (Å²) in [5.74, 6) is 0. The van der Waals surface area contributed by atoms with E-state index >= 15 is 0 Å². The third kappa shape index (κ3) is 6.04. The number of hydrogen-bond acceptors (Lipinski definition) is 1. The first-order valence-corrected chi connectivity index (χ1v) is 21.1. The van der Waals surface area contributed by atoms with Crippen molar-refractivity contribution in [3.63, 3.8) is 0 Å². The molecule has 0 radical (unpaired) electrons. The molecule has 0 atom stereocenters. The third-order valence-electron chi connectivity index (χ3n) is 11.8. The van der Waals surface area contributed by atoms with E-state index in [0.29, 0.717) is 0 Å². The van der Waals surface area contributed by atoms with E-state index in [1.807, 2.05) is 0 Å². The highest BCUT2D eigenvalue weighted by atomic mass is 32.2. The summed E-state index contributed by atoms with van der Waals surface area (Å²) in [5, 5.41) is 7.48. The highest BCUT2D eigenvalue weighted by Crippen LogP contribution is 2.46. The summed E-state index contributed by atoms with van der Waals surface area (Å²) in [5.41, 5.74) is 14.6. The average Bonchev–Trinajstić information content (AvgIpc) is 3.66. The van der Waals surface area contributed by atoms with Gasteiger partial charge in [0.2, 0.25) is 0 Å². The van der Waals surface area contributed by atoms with Gasteiger partial charge in [-0.15, -0.1) is 0 Å². The Morgan fingerprint density at radius 2 is 1.02 bits per heavy atom. The Bertz CT molecular complexity index is 3270. The van der Waals surface area contributed by atoms with Gasteiger partial charge in [0.15, 0.2) is 0 Å². The molecule has 278 valence electrons. The molecule has 0 aliphatic carbocycles. The number of nitrogens with zero attached hydrogens (tertiary/aromatic N) is 1. The summed E-state index contributed by atoms with van der Waals surface area (Å²) in [6.07, 6.45) is 7.58. The van der Waals surface area contributed by atoms with E-state index in [1.54, 1.807) is 11.8 Å². The van der Waals surface area contributed by atoms with Gasteiger partial charge in [-0.05, 0) is 108 Å². The van der Waals surface area contributed by atoms with Gasteiger partial charge in [-0.3, -0.25) is 0 Å². The molecule has 1 aliphatic heterocycles. The molecule has 9 aromatic carbocycles. The standard InChI is InChI=1S/C57H39NS/c1-38-45(26-9-8-22-41-23-17-32-46(57(41)59-38)39-18-4-2-5-19-39)42-34-35-54-52(37-42)47-27-14-15-33-53(47)58(54)44-25-16-24-43(36-44)56-50-30-12-10-28-48(50)55(40-20-6-3-7-21-40)49-29-11-13-31-51(49)56/h2-21,23-37H,1,22H2/b9-8-,45-26+. The molecule has 1 aromatic heterocycles. The van der Waals surface area contributed by atoms with Crippen LogP contribution < -0.4 is 0 Å². The lowest BCUT2D eigenvalue weighted by molar-refractivity contribution is 1.18. The Labute approximate surface area is 348 Å². The van der Waals surface area contributed by atoms with Gasteiger partial charge in [0.25, 0.3) is 0 Å². The van der Waals surface area contributed by atoms with Gasteiger partial charge < -0.3 is 4.57 Å². The molecule has 0 N–H and O–H groups in total. The zero-order valence-electron chi connectivity index (χ0n) is 32.5. The second-order valence-corrected chi connectivity index (χ2v) is 16.3. The van der Waals surface area contributed by atoms with E-state index in [-0.39, 0.29) is 0 Å². The van der Waals surface area contributed by atoms with Gasteiger partial charge in [-0.25, -0.2) is 0 Å². The molecule has 0 amide bonds. The Hall–Kier alpha value is -7.13. The highest BCUT2D eigenvalue weighted by molar-refractivity contribution is 8.03. The molecule has 59 heavy (non-hydrogen) atoms. The fraction of sp³-hybridized carbons (Fsp3) is 0.0175. The second kappa shape index (κ2) is 14.7. The molecule has 0 unspecified atom stereocenters. The topological polar surface area (TPSA) is 4.93 Å². The molecular formula is C57H39NS. The van der Waals surface area contributed by atoms with Crippen LogP contribution in [0.2, 0.25) is 0 Å². The van der Waals surface area contributed by atoms with Crippen molar-refractivity contribution in [2.45, 2.75) is 11.3 Å². The number of fused-ring (bicyclic) bond motifs is 6. The molecule has 0 saturated carbocycles. The lowest BCUT2D eigenvalue weighted by Gasteiger charge is -2.18. The van der Waals surface area contributed by atoms with Crippen LogP contribution in [0.15, 0.2) is 229 Å². The van der Waals surface area contributed by atoms with Gasteiger partial charge in [0.1, 0.15) is 0 Å². The van der Waals surface area contributed by atoms with Crippen molar-refractivity contribution in [2.24, 2.45) is 0 Å². The minimum Gasteiger partial charge on any atom is -0.309 e. The number of para-hydroxylation sites is 1. The maximum Gasteiger partial charge on any atom is 0.0541 e. The Kier molecular flexibility index (Phi) is 8.72. The minimum absolute atomic E-state index is 0.869. The maximum absolute atomic E-state index is 4.70. The largest absolute Gasteiger partial charge is 0.309 e. The molecular weight excluding hydrogens is 731 g/mol. The SMILES string of the molecule is C=C1Sc2c(cccc2-c2ccccc2)C/C=C\C=C/1c1ccc2c(c1)c1ccccc1n2-c1cccc(-c2c3ccccc3c(-c3ccccc3)c3ccccc23)c1. The van der Waals surface area contributed by atoms with Crippen molar-refractivity contribution >= 4 is 60.7 Å². The average molecular weight is 770 g/mol. The minimum atomic E-state index is 0.869.